The number of halogens is 1. The van der Waals surface area contributed by atoms with Gasteiger partial charge >= 0.3 is 5.97 Å². The molecule has 0 radical (unpaired) electrons. The number of carbonyl (C=O) groups is 1. The van der Waals surface area contributed by atoms with E-state index in [4.69, 9.17) is 0 Å². The molecular formula is C13H16FNO4S2. The molecule has 1 aliphatic heterocycles. The average Bonchev–Trinajstić information content (AvgIpc) is 2.37. The van der Waals surface area contributed by atoms with E-state index in [1.807, 2.05) is 0 Å². The molecule has 8 heteroatoms. The maximum atomic E-state index is 12.9. The van der Waals surface area contributed by atoms with E-state index in [1.165, 1.54) is 11.8 Å². The SMILES string of the molecule is CC1(C)SCCN(S(=O)(=O)c2ccc(F)cc2)C1C(=O)O. The Morgan fingerprint density at radius 3 is 2.48 bits per heavy atom. The van der Waals surface area contributed by atoms with Crippen LogP contribution in [0.1, 0.15) is 13.8 Å². The quantitative estimate of drug-likeness (QED) is 0.913. The van der Waals surface area contributed by atoms with Crippen molar-refractivity contribution in [1.82, 2.24) is 4.31 Å². The van der Waals surface area contributed by atoms with Gasteiger partial charge in [0.2, 0.25) is 10.0 Å². The number of thioether (sulfide) groups is 1. The van der Waals surface area contributed by atoms with Gasteiger partial charge in [0.25, 0.3) is 0 Å². The molecule has 1 heterocycles. The van der Waals surface area contributed by atoms with Crippen molar-refractivity contribution >= 4 is 27.8 Å². The summed E-state index contributed by atoms with van der Waals surface area (Å²) >= 11 is 1.43. The molecule has 1 atom stereocenters. The van der Waals surface area contributed by atoms with Crippen LogP contribution >= 0.6 is 11.8 Å². The smallest absolute Gasteiger partial charge is 0.323 e. The maximum Gasteiger partial charge on any atom is 0.323 e. The van der Waals surface area contributed by atoms with Crippen LogP contribution in [0.3, 0.4) is 0 Å². The number of hydrogen-bond acceptors (Lipinski definition) is 4. The standard InChI is InChI=1S/C13H16FNO4S2/c1-13(2)11(12(16)17)15(7-8-20-13)21(18,19)10-5-3-9(14)4-6-10/h3-6,11H,7-8H2,1-2H3,(H,16,17). The van der Waals surface area contributed by atoms with Crippen LogP contribution in [-0.4, -0.2) is 46.9 Å². The second-order valence-corrected chi connectivity index (χ2v) is 8.90. The summed E-state index contributed by atoms with van der Waals surface area (Å²) in [5, 5.41) is 9.42. The van der Waals surface area contributed by atoms with Gasteiger partial charge in [-0.2, -0.15) is 16.1 Å². The third kappa shape index (κ3) is 3.07. The summed E-state index contributed by atoms with van der Waals surface area (Å²) in [4.78, 5) is 11.4. The molecule has 1 aromatic rings. The number of aliphatic carboxylic acids is 1. The van der Waals surface area contributed by atoms with Gasteiger partial charge < -0.3 is 5.11 Å². The third-order valence-electron chi connectivity index (χ3n) is 3.39. The number of hydrogen-bond donors (Lipinski definition) is 1. The normalized spacial score (nSPS) is 22.9. The Balaban J connectivity index is 2.46. The van der Waals surface area contributed by atoms with E-state index in [9.17, 15) is 22.7 Å². The lowest BCUT2D eigenvalue weighted by Crippen LogP contribution is -2.58. The second-order valence-electron chi connectivity index (χ2n) is 5.26. The molecule has 21 heavy (non-hydrogen) atoms. The molecule has 0 saturated carbocycles. The first kappa shape index (κ1) is 16.3. The zero-order valence-electron chi connectivity index (χ0n) is 11.6. The van der Waals surface area contributed by atoms with Gasteiger partial charge in [0.05, 0.1) is 4.90 Å². The van der Waals surface area contributed by atoms with Crippen LogP contribution in [0.15, 0.2) is 29.2 Å². The molecule has 0 spiro atoms. The molecule has 0 aliphatic carbocycles. The summed E-state index contributed by atoms with van der Waals surface area (Å²) in [7, 11) is -3.97. The van der Waals surface area contributed by atoms with Crippen molar-refractivity contribution in [2.45, 2.75) is 29.5 Å². The highest BCUT2D eigenvalue weighted by molar-refractivity contribution is 8.00. The summed E-state index contributed by atoms with van der Waals surface area (Å²) < 4.78 is 38.5. The van der Waals surface area contributed by atoms with Crippen molar-refractivity contribution in [2.75, 3.05) is 12.3 Å². The van der Waals surface area contributed by atoms with Crippen molar-refractivity contribution in [3.05, 3.63) is 30.1 Å². The number of carboxylic acid groups (broad SMARTS) is 1. The van der Waals surface area contributed by atoms with E-state index >= 15 is 0 Å². The highest BCUT2D eigenvalue weighted by atomic mass is 32.2. The highest BCUT2D eigenvalue weighted by Gasteiger charge is 2.48. The van der Waals surface area contributed by atoms with E-state index in [2.05, 4.69) is 0 Å². The second kappa shape index (κ2) is 5.58. The van der Waals surface area contributed by atoms with Crippen molar-refractivity contribution < 1.29 is 22.7 Å². The molecular weight excluding hydrogens is 317 g/mol. The van der Waals surface area contributed by atoms with Gasteiger partial charge in [-0.1, -0.05) is 0 Å². The molecule has 2 rings (SSSR count). The fourth-order valence-electron chi connectivity index (χ4n) is 2.37. The predicted molar refractivity (Wildman–Crippen MR) is 78.3 cm³/mol. The zero-order chi connectivity index (χ0) is 15.8. The van der Waals surface area contributed by atoms with E-state index in [1.54, 1.807) is 13.8 Å². The number of benzene rings is 1. The minimum Gasteiger partial charge on any atom is -0.480 e. The van der Waals surface area contributed by atoms with Crippen LogP contribution in [0, 0.1) is 5.82 Å². The molecule has 116 valence electrons. The Kier molecular flexibility index (Phi) is 4.32. The van der Waals surface area contributed by atoms with Crippen LogP contribution in [-0.2, 0) is 14.8 Å². The van der Waals surface area contributed by atoms with Crippen LogP contribution in [0.2, 0.25) is 0 Å². The largest absolute Gasteiger partial charge is 0.480 e. The van der Waals surface area contributed by atoms with Crippen molar-refractivity contribution in [2.24, 2.45) is 0 Å². The van der Waals surface area contributed by atoms with E-state index in [0.29, 0.717) is 5.75 Å². The van der Waals surface area contributed by atoms with Crippen molar-refractivity contribution in [3.8, 4) is 0 Å². The first-order valence-corrected chi connectivity index (χ1v) is 8.73. The maximum absolute atomic E-state index is 12.9. The Morgan fingerprint density at radius 1 is 1.38 bits per heavy atom. The Morgan fingerprint density at radius 2 is 1.95 bits per heavy atom. The van der Waals surface area contributed by atoms with Crippen LogP contribution in [0.5, 0.6) is 0 Å². The van der Waals surface area contributed by atoms with Crippen molar-refractivity contribution in [1.29, 1.82) is 0 Å². The summed E-state index contributed by atoms with van der Waals surface area (Å²) in [6, 6.07) is 3.24. The van der Waals surface area contributed by atoms with Gasteiger partial charge in [0.15, 0.2) is 0 Å². The monoisotopic (exact) mass is 333 g/mol. The first-order valence-electron chi connectivity index (χ1n) is 6.30. The Hall–Kier alpha value is -1.12. The van der Waals surface area contributed by atoms with Gasteiger partial charge in [-0.3, -0.25) is 4.79 Å². The van der Waals surface area contributed by atoms with E-state index in [0.717, 1.165) is 28.6 Å². The van der Waals surface area contributed by atoms with E-state index in [-0.39, 0.29) is 11.4 Å². The number of sulfonamides is 1. The number of nitrogens with zero attached hydrogens (tertiary/aromatic N) is 1. The van der Waals surface area contributed by atoms with Crippen LogP contribution in [0.4, 0.5) is 4.39 Å². The minimum atomic E-state index is -3.97. The van der Waals surface area contributed by atoms with Gasteiger partial charge in [-0.15, -0.1) is 0 Å². The lowest BCUT2D eigenvalue weighted by atomic mass is 10.0. The fourth-order valence-corrected chi connectivity index (χ4v) is 5.47. The first-order chi connectivity index (χ1) is 9.66. The number of rotatable bonds is 3. The third-order valence-corrected chi connectivity index (χ3v) is 6.62. The molecule has 1 aliphatic rings. The Labute approximate surface area is 127 Å². The van der Waals surface area contributed by atoms with Gasteiger partial charge in [0.1, 0.15) is 11.9 Å². The summed E-state index contributed by atoms with van der Waals surface area (Å²) in [5.74, 6) is -1.21. The summed E-state index contributed by atoms with van der Waals surface area (Å²) in [5.41, 5.74) is 0. The molecule has 1 unspecified atom stereocenters. The molecule has 0 aromatic heterocycles. The average molecular weight is 333 g/mol. The van der Waals surface area contributed by atoms with Gasteiger partial charge in [-0.05, 0) is 38.1 Å². The molecule has 1 aromatic carbocycles. The summed E-state index contributed by atoms with van der Waals surface area (Å²) in [6.45, 7) is 3.54. The fraction of sp³-hybridized carbons (Fsp3) is 0.462. The predicted octanol–water partition coefficient (Wildman–Crippen LogP) is 1.80. The summed E-state index contributed by atoms with van der Waals surface area (Å²) in [6.07, 6.45) is 0. The lowest BCUT2D eigenvalue weighted by molar-refractivity contribution is -0.142. The van der Waals surface area contributed by atoms with Gasteiger partial charge in [-0.25, -0.2) is 12.8 Å². The molecule has 1 N–H and O–H groups in total. The molecule has 0 amide bonds. The lowest BCUT2D eigenvalue weighted by Gasteiger charge is -2.42. The Bertz CT molecular complexity index is 643. The van der Waals surface area contributed by atoms with Gasteiger partial charge in [0, 0.05) is 17.0 Å². The molecule has 1 saturated heterocycles. The number of carboxylic acids is 1. The minimum absolute atomic E-state index is 0.0992. The topological polar surface area (TPSA) is 74.7 Å². The molecule has 1 fully saturated rings. The van der Waals surface area contributed by atoms with Crippen molar-refractivity contribution in [3.63, 3.8) is 0 Å². The molecule has 0 bridgehead atoms. The molecule has 5 nitrogen and oxygen atoms in total. The highest BCUT2D eigenvalue weighted by Crippen LogP contribution is 2.38. The van der Waals surface area contributed by atoms with Crippen LogP contribution in [0.25, 0.3) is 0 Å². The zero-order valence-corrected chi connectivity index (χ0v) is 13.2. The van der Waals surface area contributed by atoms with E-state index < -0.39 is 32.6 Å². The van der Waals surface area contributed by atoms with Crippen LogP contribution < -0.4 is 0 Å².